The lowest BCUT2D eigenvalue weighted by Gasteiger charge is -2.28. The SMILES string of the molecule is CC(CN1CCOCC1)C(=O)OCO[C]=O. The number of hydrogen-bond acceptors (Lipinski definition) is 6. The standard InChI is InChI=1S/C10H16NO5/c1-9(10(13)16-8-15-7-12)6-11-2-4-14-5-3-11/h9H,2-6,8H2,1H3. The van der Waals surface area contributed by atoms with E-state index in [0.29, 0.717) is 19.8 Å². The second-order valence-corrected chi connectivity index (χ2v) is 3.62. The Hall–Kier alpha value is -1.14. The van der Waals surface area contributed by atoms with Crippen molar-refractivity contribution in [2.45, 2.75) is 6.92 Å². The molecule has 0 aromatic carbocycles. The summed E-state index contributed by atoms with van der Waals surface area (Å²) in [7, 11) is 0. The minimum absolute atomic E-state index is 0.242. The van der Waals surface area contributed by atoms with Crippen LogP contribution in [0.2, 0.25) is 0 Å². The third kappa shape index (κ3) is 4.59. The van der Waals surface area contributed by atoms with Crippen LogP contribution in [0.1, 0.15) is 6.92 Å². The fourth-order valence-electron chi connectivity index (χ4n) is 1.50. The molecule has 16 heavy (non-hydrogen) atoms. The second kappa shape index (κ2) is 7.19. The van der Waals surface area contributed by atoms with Crippen LogP contribution >= 0.6 is 0 Å². The minimum Gasteiger partial charge on any atom is -0.428 e. The van der Waals surface area contributed by atoms with Crippen molar-refractivity contribution in [3.05, 3.63) is 0 Å². The van der Waals surface area contributed by atoms with E-state index >= 15 is 0 Å². The van der Waals surface area contributed by atoms with Gasteiger partial charge in [-0.05, 0) is 0 Å². The summed E-state index contributed by atoms with van der Waals surface area (Å²) in [5.41, 5.74) is 0. The van der Waals surface area contributed by atoms with Crippen molar-refractivity contribution in [1.29, 1.82) is 0 Å². The Balaban J connectivity index is 2.19. The number of nitrogens with zero attached hydrogens (tertiary/aromatic N) is 1. The first-order chi connectivity index (χ1) is 7.74. The zero-order valence-corrected chi connectivity index (χ0v) is 9.31. The van der Waals surface area contributed by atoms with Crippen molar-refractivity contribution >= 4 is 12.4 Å². The molecule has 0 aliphatic carbocycles. The first kappa shape index (κ1) is 12.9. The van der Waals surface area contributed by atoms with Crippen LogP contribution in [0.15, 0.2) is 0 Å². The highest BCUT2D eigenvalue weighted by Gasteiger charge is 2.20. The first-order valence-electron chi connectivity index (χ1n) is 5.19. The van der Waals surface area contributed by atoms with E-state index in [9.17, 15) is 9.59 Å². The lowest BCUT2D eigenvalue weighted by Crippen LogP contribution is -2.40. The Labute approximate surface area is 94.4 Å². The Morgan fingerprint density at radius 3 is 2.81 bits per heavy atom. The van der Waals surface area contributed by atoms with Crippen LogP contribution in [-0.4, -0.2) is 57.0 Å². The molecule has 0 saturated carbocycles. The molecule has 0 bridgehead atoms. The number of hydrogen-bond donors (Lipinski definition) is 0. The first-order valence-corrected chi connectivity index (χ1v) is 5.19. The summed E-state index contributed by atoms with van der Waals surface area (Å²) in [6.07, 6.45) is 0. The van der Waals surface area contributed by atoms with Gasteiger partial charge in [0.15, 0.2) is 0 Å². The molecule has 1 aliphatic heterocycles. The van der Waals surface area contributed by atoms with Crippen LogP contribution in [0, 0.1) is 5.92 Å². The fraction of sp³-hybridized carbons (Fsp3) is 0.800. The van der Waals surface area contributed by atoms with E-state index in [4.69, 9.17) is 9.47 Å². The average Bonchev–Trinajstić information content (AvgIpc) is 2.30. The summed E-state index contributed by atoms with van der Waals surface area (Å²) >= 11 is 0. The van der Waals surface area contributed by atoms with E-state index in [1.54, 1.807) is 6.92 Å². The van der Waals surface area contributed by atoms with Crippen LogP contribution < -0.4 is 0 Å². The van der Waals surface area contributed by atoms with Crippen LogP contribution in [0.3, 0.4) is 0 Å². The number of carbonyl (C=O) groups excluding carboxylic acids is 2. The maximum atomic E-state index is 11.4. The van der Waals surface area contributed by atoms with Crippen molar-refractivity contribution in [3.8, 4) is 0 Å². The van der Waals surface area contributed by atoms with Crippen molar-refractivity contribution in [2.75, 3.05) is 39.6 Å². The summed E-state index contributed by atoms with van der Waals surface area (Å²) in [6.45, 7) is 6.29. The topological polar surface area (TPSA) is 65.1 Å². The van der Waals surface area contributed by atoms with Gasteiger partial charge in [0.05, 0.1) is 19.1 Å². The van der Waals surface area contributed by atoms with E-state index in [2.05, 4.69) is 9.64 Å². The predicted molar refractivity (Wildman–Crippen MR) is 54.2 cm³/mol. The molecule has 1 radical (unpaired) electrons. The molecular weight excluding hydrogens is 214 g/mol. The van der Waals surface area contributed by atoms with Gasteiger partial charge in [0, 0.05) is 19.6 Å². The number of ether oxygens (including phenoxy) is 3. The minimum atomic E-state index is -0.373. The maximum Gasteiger partial charge on any atom is 0.420 e. The van der Waals surface area contributed by atoms with Gasteiger partial charge in [0.25, 0.3) is 0 Å². The number of carbonyl (C=O) groups is 1. The Kier molecular flexibility index (Phi) is 5.81. The van der Waals surface area contributed by atoms with Crippen LogP contribution in [-0.2, 0) is 23.8 Å². The lowest BCUT2D eigenvalue weighted by molar-refractivity contribution is -0.156. The van der Waals surface area contributed by atoms with E-state index in [1.807, 2.05) is 0 Å². The fourth-order valence-corrected chi connectivity index (χ4v) is 1.50. The van der Waals surface area contributed by atoms with Crippen molar-refractivity contribution < 1.29 is 23.8 Å². The van der Waals surface area contributed by atoms with E-state index in [-0.39, 0.29) is 18.7 Å². The highest BCUT2D eigenvalue weighted by Crippen LogP contribution is 2.05. The van der Waals surface area contributed by atoms with Crippen LogP contribution in [0.25, 0.3) is 0 Å². The van der Waals surface area contributed by atoms with Crippen molar-refractivity contribution in [3.63, 3.8) is 0 Å². The molecule has 1 atom stereocenters. The third-order valence-corrected chi connectivity index (χ3v) is 2.36. The van der Waals surface area contributed by atoms with Gasteiger partial charge in [-0.2, -0.15) is 0 Å². The molecule has 1 saturated heterocycles. The van der Waals surface area contributed by atoms with Gasteiger partial charge in [-0.25, -0.2) is 4.79 Å². The molecule has 1 rings (SSSR count). The van der Waals surface area contributed by atoms with Gasteiger partial charge in [-0.1, -0.05) is 6.92 Å². The molecule has 0 aromatic rings. The molecule has 0 spiro atoms. The number of esters is 1. The second-order valence-electron chi connectivity index (χ2n) is 3.62. The van der Waals surface area contributed by atoms with Crippen LogP contribution in [0.5, 0.6) is 0 Å². The summed E-state index contributed by atoms with van der Waals surface area (Å²) in [4.78, 5) is 23.3. The highest BCUT2D eigenvalue weighted by molar-refractivity contribution is 5.72. The van der Waals surface area contributed by atoms with Gasteiger partial charge in [-0.15, -0.1) is 0 Å². The normalized spacial score (nSPS) is 18.8. The molecule has 1 heterocycles. The van der Waals surface area contributed by atoms with E-state index in [1.165, 1.54) is 6.47 Å². The predicted octanol–water partition coefficient (Wildman–Crippen LogP) is -0.461. The smallest absolute Gasteiger partial charge is 0.420 e. The largest absolute Gasteiger partial charge is 0.428 e. The molecule has 0 aromatic heterocycles. The number of morpholine rings is 1. The number of rotatable bonds is 6. The Bertz CT molecular complexity index is 227. The van der Waals surface area contributed by atoms with E-state index < -0.39 is 0 Å². The molecule has 1 fully saturated rings. The van der Waals surface area contributed by atoms with Gasteiger partial charge >= 0.3 is 12.4 Å². The molecule has 0 N–H and O–H groups in total. The summed E-state index contributed by atoms with van der Waals surface area (Å²) < 4.78 is 14.1. The molecule has 6 heteroatoms. The zero-order chi connectivity index (χ0) is 11.8. The zero-order valence-electron chi connectivity index (χ0n) is 9.31. The third-order valence-electron chi connectivity index (χ3n) is 2.36. The van der Waals surface area contributed by atoms with Crippen molar-refractivity contribution in [1.82, 2.24) is 4.90 Å². The van der Waals surface area contributed by atoms with Gasteiger partial charge in [0.1, 0.15) is 0 Å². The van der Waals surface area contributed by atoms with Gasteiger partial charge in [0.2, 0.25) is 6.79 Å². The molecule has 1 aliphatic rings. The Morgan fingerprint density at radius 2 is 2.19 bits per heavy atom. The molecule has 0 amide bonds. The maximum absolute atomic E-state index is 11.4. The molecular formula is C10H16NO5. The summed E-state index contributed by atoms with van der Waals surface area (Å²) in [6, 6.07) is 0. The molecule has 91 valence electrons. The molecule has 6 nitrogen and oxygen atoms in total. The van der Waals surface area contributed by atoms with Crippen molar-refractivity contribution in [2.24, 2.45) is 5.92 Å². The Morgan fingerprint density at radius 1 is 1.50 bits per heavy atom. The van der Waals surface area contributed by atoms with Gasteiger partial charge in [-0.3, -0.25) is 9.69 Å². The summed E-state index contributed by atoms with van der Waals surface area (Å²) in [5.74, 6) is -0.616. The molecule has 1 unspecified atom stereocenters. The lowest BCUT2D eigenvalue weighted by atomic mass is 10.1. The summed E-state index contributed by atoms with van der Waals surface area (Å²) in [5, 5.41) is 0. The quantitative estimate of drug-likeness (QED) is 0.349. The highest BCUT2D eigenvalue weighted by atomic mass is 16.7. The monoisotopic (exact) mass is 230 g/mol. The average molecular weight is 230 g/mol. The van der Waals surface area contributed by atoms with E-state index in [0.717, 1.165) is 13.1 Å². The van der Waals surface area contributed by atoms with Crippen LogP contribution in [0.4, 0.5) is 0 Å². The van der Waals surface area contributed by atoms with Gasteiger partial charge < -0.3 is 14.2 Å².